The molecule has 0 aromatic heterocycles. The van der Waals surface area contributed by atoms with Crippen LogP contribution in [0.2, 0.25) is 0 Å². The Morgan fingerprint density at radius 2 is 2.42 bits per heavy atom. The molecule has 0 aliphatic carbocycles. The number of ether oxygens (including phenoxy) is 1. The van der Waals surface area contributed by atoms with Crippen molar-refractivity contribution in [3.8, 4) is 0 Å². The van der Waals surface area contributed by atoms with Gasteiger partial charge in [-0.2, -0.15) is 0 Å². The highest BCUT2D eigenvalue weighted by atomic mass is 16.5. The third-order valence-electron chi connectivity index (χ3n) is 2.59. The molecule has 1 rings (SSSR count). The molecule has 1 heterocycles. The molecule has 2 atom stereocenters. The molecule has 1 aliphatic heterocycles. The second-order valence-corrected chi connectivity index (χ2v) is 3.70. The van der Waals surface area contributed by atoms with Gasteiger partial charge in [-0.15, -0.1) is 0 Å². The lowest BCUT2D eigenvalue weighted by Gasteiger charge is -2.25. The SMILES string of the molecule is CC(CO)N(C)CC1CCOC1. The summed E-state index contributed by atoms with van der Waals surface area (Å²) in [6.07, 6.45) is 1.17. The highest BCUT2D eigenvalue weighted by Gasteiger charge is 2.19. The van der Waals surface area contributed by atoms with E-state index in [1.165, 1.54) is 6.42 Å². The molecule has 0 radical (unpaired) electrons. The van der Waals surface area contributed by atoms with Crippen LogP contribution in [0.4, 0.5) is 0 Å². The van der Waals surface area contributed by atoms with Gasteiger partial charge in [0.1, 0.15) is 0 Å². The monoisotopic (exact) mass is 173 g/mol. The Hall–Kier alpha value is -0.120. The molecule has 0 bridgehead atoms. The van der Waals surface area contributed by atoms with Crippen molar-refractivity contribution in [1.29, 1.82) is 0 Å². The maximum atomic E-state index is 8.91. The average molecular weight is 173 g/mol. The number of hydrogen-bond donors (Lipinski definition) is 1. The molecular weight excluding hydrogens is 154 g/mol. The summed E-state index contributed by atoms with van der Waals surface area (Å²) in [4.78, 5) is 2.19. The zero-order valence-corrected chi connectivity index (χ0v) is 7.99. The molecule has 0 saturated carbocycles. The predicted octanol–water partition coefficient (Wildman–Crippen LogP) is 0.336. The van der Waals surface area contributed by atoms with Crippen molar-refractivity contribution >= 4 is 0 Å². The maximum absolute atomic E-state index is 8.91. The van der Waals surface area contributed by atoms with E-state index < -0.39 is 0 Å². The molecule has 0 spiro atoms. The third kappa shape index (κ3) is 2.73. The lowest BCUT2D eigenvalue weighted by molar-refractivity contribution is 0.131. The fourth-order valence-electron chi connectivity index (χ4n) is 1.45. The van der Waals surface area contributed by atoms with Crippen LogP contribution in [-0.2, 0) is 4.74 Å². The van der Waals surface area contributed by atoms with E-state index in [9.17, 15) is 0 Å². The van der Waals surface area contributed by atoms with Gasteiger partial charge in [-0.1, -0.05) is 0 Å². The number of aliphatic hydroxyl groups excluding tert-OH is 1. The minimum Gasteiger partial charge on any atom is -0.395 e. The van der Waals surface area contributed by atoms with Gasteiger partial charge in [-0.25, -0.2) is 0 Å². The van der Waals surface area contributed by atoms with E-state index in [0.29, 0.717) is 5.92 Å². The van der Waals surface area contributed by atoms with E-state index in [-0.39, 0.29) is 12.6 Å². The van der Waals surface area contributed by atoms with E-state index in [0.717, 1.165) is 19.8 Å². The highest BCUT2D eigenvalue weighted by molar-refractivity contribution is 4.70. The van der Waals surface area contributed by atoms with E-state index in [4.69, 9.17) is 9.84 Å². The van der Waals surface area contributed by atoms with E-state index in [2.05, 4.69) is 11.9 Å². The zero-order valence-electron chi connectivity index (χ0n) is 7.99. The predicted molar refractivity (Wildman–Crippen MR) is 48.1 cm³/mol. The van der Waals surface area contributed by atoms with Gasteiger partial charge in [0.05, 0.1) is 13.2 Å². The van der Waals surface area contributed by atoms with Crippen LogP contribution in [0.25, 0.3) is 0 Å². The van der Waals surface area contributed by atoms with Crippen LogP contribution in [0.1, 0.15) is 13.3 Å². The molecule has 12 heavy (non-hydrogen) atoms. The Morgan fingerprint density at radius 1 is 1.67 bits per heavy atom. The van der Waals surface area contributed by atoms with E-state index in [1.54, 1.807) is 0 Å². The Bertz CT molecular complexity index is 124. The summed E-state index contributed by atoms with van der Waals surface area (Å²) < 4.78 is 5.28. The second-order valence-electron chi connectivity index (χ2n) is 3.70. The Labute approximate surface area is 74.3 Å². The van der Waals surface area contributed by atoms with E-state index in [1.807, 2.05) is 6.92 Å². The lowest BCUT2D eigenvalue weighted by Crippen LogP contribution is -2.36. The first kappa shape index (κ1) is 9.96. The molecule has 2 unspecified atom stereocenters. The fraction of sp³-hybridized carbons (Fsp3) is 1.00. The Kier molecular flexibility index (Phi) is 3.98. The Morgan fingerprint density at radius 3 is 2.92 bits per heavy atom. The summed E-state index contributed by atoms with van der Waals surface area (Å²) in [5, 5.41) is 8.91. The number of aliphatic hydroxyl groups is 1. The van der Waals surface area contributed by atoms with Crippen LogP contribution in [0, 0.1) is 5.92 Å². The quantitative estimate of drug-likeness (QED) is 0.665. The number of likely N-dealkylation sites (N-methyl/N-ethyl adjacent to an activating group) is 1. The van der Waals surface area contributed by atoms with Gasteiger partial charge in [0, 0.05) is 19.2 Å². The highest BCUT2D eigenvalue weighted by Crippen LogP contribution is 2.13. The van der Waals surface area contributed by atoms with Crippen molar-refractivity contribution < 1.29 is 9.84 Å². The molecule has 72 valence electrons. The second kappa shape index (κ2) is 4.80. The van der Waals surface area contributed by atoms with Gasteiger partial charge >= 0.3 is 0 Å². The van der Waals surface area contributed by atoms with Crippen molar-refractivity contribution in [2.24, 2.45) is 5.92 Å². The topological polar surface area (TPSA) is 32.7 Å². The van der Waals surface area contributed by atoms with Crippen LogP contribution < -0.4 is 0 Å². The summed E-state index contributed by atoms with van der Waals surface area (Å²) in [6.45, 7) is 5.12. The molecule has 0 aromatic carbocycles. The minimum atomic E-state index is 0.240. The first-order valence-electron chi connectivity index (χ1n) is 4.63. The molecule has 1 saturated heterocycles. The zero-order chi connectivity index (χ0) is 8.97. The lowest BCUT2D eigenvalue weighted by atomic mass is 10.1. The summed E-state index contributed by atoms with van der Waals surface area (Å²) in [5.41, 5.74) is 0. The van der Waals surface area contributed by atoms with Crippen LogP contribution >= 0.6 is 0 Å². The molecule has 0 aromatic rings. The number of hydrogen-bond acceptors (Lipinski definition) is 3. The summed E-state index contributed by atoms with van der Waals surface area (Å²) in [7, 11) is 2.05. The van der Waals surface area contributed by atoms with Crippen molar-refractivity contribution in [2.45, 2.75) is 19.4 Å². The third-order valence-corrected chi connectivity index (χ3v) is 2.59. The summed E-state index contributed by atoms with van der Waals surface area (Å²) in [6, 6.07) is 0.269. The molecule has 0 amide bonds. The van der Waals surface area contributed by atoms with Crippen LogP contribution in [0.15, 0.2) is 0 Å². The largest absolute Gasteiger partial charge is 0.395 e. The van der Waals surface area contributed by atoms with Crippen molar-refractivity contribution in [3.05, 3.63) is 0 Å². The first-order valence-corrected chi connectivity index (χ1v) is 4.63. The van der Waals surface area contributed by atoms with Gasteiger partial charge in [0.15, 0.2) is 0 Å². The molecule has 3 heteroatoms. The molecule has 1 fully saturated rings. The van der Waals surface area contributed by atoms with Crippen LogP contribution in [0.3, 0.4) is 0 Å². The van der Waals surface area contributed by atoms with Gasteiger partial charge in [-0.05, 0) is 26.3 Å². The standard InChI is InChI=1S/C9H19NO2/c1-8(6-11)10(2)5-9-3-4-12-7-9/h8-9,11H,3-7H2,1-2H3. The first-order chi connectivity index (χ1) is 5.74. The summed E-state index contributed by atoms with van der Waals surface area (Å²) >= 11 is 0. The number of nitrogens with zero attached hydrogens (tertiary/aromatic N) is 1. The molecular formula is C9H19NO2. The van der Waals surface area contributed by atoms with Crippen LogP contribution in [0.5, 0.6) is 0 Å². The van der Waals surface area contributed by atoms with Crippen molar-refractivity contribution in [1.82, 2.24) is 4.90 Å². The van der Waals surface area contributed by atoms with Gasteiger partial charge < -0.3 is 14.7 Å². The van der Waals surface area contributed by atoms with Gasteiger partial charge in [0.2, 0.25) is 0 Å². The van der Waals surface area contributed by atoms with Crippen molar-refractivity contribution in [3.63, 3.8) is 0 Å². The van der Waals surface area contributed by atoms with Gasteiger partial charge in [-0.3, -0.25) is 0 Å². The van der Waals surface area contributed by atoms with Crippen molar-refractivity contribution in [2.75, 3.05) is 33.4 Å². The fourth-order valence-corrected chi connectivity index (χ4v) is 1.45. The number of rotatable bonds is 4. The molecule has 3 nitrogen and oxygen atoms in total. The minimum absolute atomic E-state index is 0.240. The summed E-state index contributed by atoms with van der Waals surface area (Å²) in [5.74, 6) is 0.670. The van der Waals surface area contributed by atoms with E-state index >= 15 is 0 Å². The molecule has 1 N–H and O–H groups in total. The average Bonchev–Trinajstić information content (AvgIpc) is 2.55. The smallest absolute Gasteiger partial charge is 0.0584 e. The molecule has 1 aliphatic rings. The normalized spacial score (nSPS) is 26.5. The van der Waals surface area contributed by atoms with Crippen LogP contribution in [-0.4, -0.2) is 49.5 Å². The Balaban J connectivity index is 2.19. The maximum Gasteiger partial charge on any atom is 0.0584 e. The van der Waals surface area contributed by atoms with Gasteiger partial charge in [0.25, 0.3) is 0 Å².